The Kier molecular flexibility index (Phi) is 6.31. The molecule has 1 aromatic heterocycles. The fraction of sp³-hybridized carbons (Fsp3) is 0.258. The molecule has 1 fully saturated rings. The fourth-order valence-corrected chi connectivity index (χ4v) is 5.59. The second kappa shape index (κ2) is 10.1. The van der Waals surface area contributed by atoms with Gasteiger partial charge in [0.1, 0.15) is 6.54 Å². The van der Waals surface area contributed by atoms with Crippen molar-refractivity contribution in [1.29, 1.82) is 0 Å². The van der Waals surface area contributed by atoms with Gasteiger partial charge >= 0.3 is 0 Å². The van der Waals surface area contributed by atoms with Crippen LogP contribution in [0.2, 0.25) is 0 Å². The summed E-state index contributed by atoms with van der Waals surface area (Å²) in [7, 11) is 0. The SMILES string of the molecule is O=C(c1ccc2ccccc2c1)N1CC(=O)N(CC2CCN(c3ccncc3)CC2)c2ccccc2C1. The van der Waals surface area contributed by atoms with Gasteiger partial charge in [-0.25, -0.2) is 0 Å². The molecule has 0 unspecified atom stereocenters. The van der Waals surface area contributed by atoms with Crippen molar-refractivity contribution in [2.75, 3.05) is 36.0 Å². The molecule has 0 atom stereocenters. The van der Waals surface area contributed by atoms with Gasteiger partial charge in [-0.3, -0.25) is 14.6 Å². The number of hydrogen-bond acceptors (Lipinski definition) is 4. The van der Waals surface area contributed by atoms with Crippen LogP contribution in [0, 0.1) is 5.92 Å². The zero-order valence-corrected chi connectivity index (χ0v) is 20.8. The summed E-state index contributed by atoms with van der Waals surface area (Å²) in [5, 5.41) is 2.12. The number of anilines is 2. The van der Waals surface area contributed by atoms with E-state index in [-0.39, 0.29) is 18.4 Å². The molecule has 6 heteroatoms. The van der Waals surface area contributed by atoms with Gasteiger partial charge in [-0.1, -0.05) is 48.5 Å². The number of rotatable bonds is 4. The smallest absolute Gasteiger partial charge is 0.254 e. The molecule has 3 heterocycles. The van der Waals surface area contributed by atoms with Gasteiger partial charge in [-0.15, -0.1) is 0 Å². The monoisotopic (exact) mass is 490 g/mol. The van der Waals surface area contributed by atoms with Crippen LogP contribution in [0.1, 0.15) is 28.8 Å². The molecule has 1 saturated heterocycles. The Bertz CT molecular complexity index is 1430. The normalized spacial score (nSPS) is 16.5. The Labute approximate surface area is 217 Å². The molecule has 6 nitrogen and oxygen atoms in total. The summed E-state index contributed by atoms with van der Waals surface area (Å²) in [6.07, 6.45) is 5.71. The molecule has 2 amide bonds. The molecular weight excluding hydrogens is 460 g/mol. The first kappa shape index (κ1) is 23.2. The third-order valence-corrected chi connectivity index (χ3v) is 7.64. The van der Waals surface area contributed by atoms with Crippen LogP contribution in [0.5, 0.6) is 0 Å². The predicted molar refractivity (Wildman–Crippen MR) is 147 cm³/mol. The van der Waals surface area contributed by atoms with Crippen LogP contribution < -0.4 is 9.80 Å². The van der Waals surface area contributed by atoms with Crippen molar-refractivity contribution in [1.82, 2.24) is 9.88 Å². The van der Waals surface area contributed by atoms with E-state index in [4.69, 9.17) is 0 Å². The van der Waals surface area contributed by atoms with Crippen molar-refractivity contribution >= 4 is 34.0 Å². The molecule has 2 aliphatic heterocycles. The van der Waals surface area contributed by atoms with Crippen molar-refractivity contribution in [2.45, 2.75) is 19.4 Å². The summed E-state index contributed by atoms with van der Waals surface area (Å²) in [4.78, 5) is 37.3. The lowest BCUT2D eigenvalue weighted by Crippen LogP contribution is -2.44. The summed E-state index contributed by atoms with van der Waals surface area (Å²) < 4.78 is 0. The van der Waals surface area contributed by atoms with Crippen LogP contribution >= 0.6 is 0 Å². The molecule has 0 N–H and O–H groups in total. The summed E-state index contributed by atoms with van der Waals surface area (Å²) in [5.74, 6) is 0.287. The number of hydrogen-bond donors (Lipinski definition) is 0. The van der Waals surface area contributed by atoms with Crippen LogP contribution in [-0.4, -0.2) is 47.9 Å². The van der Waals surface area contributed by atoms with Gasteiger partial charge in [0.05, 0.1) is 0 Å². The van der Waals surface area contributed by atoms with Gasteiger partial charge in [0.25, 0.3) is 5.91 Å². The average Bonchev–Trinajstić information content (AvgIpc) is 3.09. The first-order valence-corrected chi connectivity index (χ1v) is 13.0. The van der Waals surface area contributed by atoms with Gasteiger partial charge < -0.3 is 14.7 Å². The first-order valence-electron chi connectivity index (χ1n) is 13.0. The number of nitrogens with zero attached hydrogens (tertiary/aromatic N) is 4. The number of fused-ring (bicyclic) bond motifs is 2. The molecule has 2 aliphatic rings. The number of carbonyl (C=O) groups excluding carboxylic acids is 2. The number of para-hydroxylation sites is 1. The first-order chi connectivity index (χ1) is 18.2. The van der Waals surface area contributed by atoms with E-state index in [0.29, 0.717) is 24.6 Å². The Morgan fingerprint density at radius 3 is 2.38 bits per heavy atom. The zero-order chi connectivity index (χ0) is 25.2. The highest BCUT2D eigenvalue weighted by Crippen LogP contribution is 2.30. The number of piperidine rings is 1. The van der Waals surface area contributed by atoms with E-state index >= 15 is 0 Å². The largest absolute Gasteiger partial charge is 0.371 e. The van der Waals surface area contributed by atoms with Crippen LogP contribution in [0.3, 0.4) is 0 Å². The molecule has 37 heavy (non-hydrogen) atoms. The van der Waals surface area contributed by atoms with Crippen LogP contribution in [0.15, 0.2) is 91.3 Å². The Morgan fingerprint density at radius 1 is 0.838 bits per heavy atom. The number of amides is 2. The van der Waals surface area contributed by atoms with Crippen LogP contribution in [0.25, 0.3) is 10.8 Å². The highest BCUT2D eigenvalue weighted by molar-refractivity contribution is 6.03. The maximum Gasteiger partial charge on any atom is 0.254 e. The molecule has 3 aromatic carbocycles. The Morgan fingerprint density at radius 2 is 1.57 bits per heavy atom. The van der Waals surface area contributed by atoms with Gasteiger partial charge in [0.2, 0.25) is 5.91 Å². The number of pyridine rings is 1. The molecule has 4 aromatic rings. The topological polar surface area (TPSA) is 56.8 Å². The number of carbonyl (C=O) groups is 2. The number of aromatic nitrogens is 1. The molecule has 0 bridgehead atoms. The maximum absolute atomic E-state index is 13.6. The molecule has 0 spiro atoms. The lowest BCUT2D eigenvalue weighted by Gasteiger charge is -2.36. The summed E-state index contributed by atoms with van der Waals surface area (Å²) in [6.45, 7) is 3.11. The van der Waals surface area contributed by atoms with Crippen molar-refractivity contribution in [2.24, 2.45) is 5.92 Å². The van der Waals surface area contributed by atoms with E-state index in [1.807, 2.05) is 84.0 Å². The minimum Gasteiger partial charge on any atom is -0.371 e. The van der Waals surface area contributed by atoms with E-state index in [1.165, 1.54) is 5.69 Å². The quantitative estimate of drug-likeness (QED) is 0.398. The zero-order valence-electron chi connectivity index (χ0n) is 20.8. The van der Waals surface area contributed by atoms with Crippen LogP contribution in [-0.2, 0) is 11.3 Å². The molecule has 6 rings (SSSR count). The molecule has 186 valence electrons. The molecule has 0 aliphatic carbocycles. The Hall–Kier alpha value is -4.19. The van der Waals surface area contributed by atoms with Crippen molar-refractivity contribution in [3.8, 4) is 0 Å². The van der Waals surface area contributed by atoms with Gasteiger partial charge in [-0.2, -0.15) is 0 Å². The van der Waals surface area contributed by atoms with Crippen molar-refractivity contribution in [3.05, 3.63) is 102 Å². The van der Waals surface area contributed by atoms with E-state index in [0.717, 1.165) is 48.0 Å². The van der Waals surface area contributed by atoms with Crippen molar-refractivity contribution in [3.63, 3.8) is 0 Å². The summed E-state index contributed by atoms with van der Waals surface area (Å²) >= 11 is 0. The maximum atomic E-state index is 13.6. The lowest BCUT2D eigenvalue weighted by molar-refractivity contribution is -0.119. The minimum absolute atomic E-state index is 0.0179. The van der Waals surface area contributed by atoms with Gasteiger partial charge in [-0.05, 0) is 65.4 Å². The highest BCUT2D eigenvalue weighted by Gasteiger charge is 2.31. The van der Waals surface area contributed by atoms with E-state index in [2.05, 4.69) is 22.0 Å². The lowest BCUT2D eigenvalue weighted by atomic mass is 9.95. The molecule has 0 saturated carbocycles. The van der Waals surface area contributed by atoms with Gasteiger partial charge in [0.15, 0.2) is 0 Å². The summed E-state index contributed by atoms with van der Waals surface area (Å²) in [5.41, 5.74) is 3.75. The van der Waals surface area contributed by atoms with E-state index in [1.54, 1.807) is 4.90 Å². The average molecular weight is 491 g/mol. The predicted octanol–water partition coefficient (Wildman–Crippen LogP) is 5.14. The Balaban J connectivity index is 1.20. The second-order valence-corrected chi connectivity index (χ2v) is 9.99. The van der Waals surface area contributed by atoms with E-state index in [9.17, 15) is 9.59 Å². The van der Waals surface area contributed by atoms with Crippen LogP contribution in [0.4, 0.5) is 11.4 Å². The number of benzene rings is 3. The standard InChI is InChI=1S/C31H30N4O2/c36-30-22-34(31(37)26-10-9-24-5-1-2-6-25(24)19-26)21-27-7-3-4-8-29(27)35(30)20-23-13-17-33(18-14-23)28-11-15-32-16-12-28/h1-12,15-16,19,23H,13-14,17-18,20-22H2. The molecular formula is C31H30N4O2. The second-order valence-electron chi connectivity index (χ2n) is 9.99. The minimum atomic E-state index is -0.110. The third kappa shape index (κ3) is 4.79. The molecule has 0 radical (unpaired) electrons. The third-order valence-electron chi connectivity index (χ3n) is 7.64. The van der Waals surface area contributed by atoms with Gasteiger partial charge in [0, 0.05) is 55.5 Å². The van der Waals surface area contributed by atoms with E-state index < -0.39 is 0 Å². The fourth-order valence-electron chi connectivity index (χ4n) is 5.59. The summed E-state index contributed by atoms with van der Waals surface area (Å²) in [6, 6.07) is 25.9. The highest BCUT2D eigenvalue weighted by atomic mass is 16.2. The van der Waals surface area contributed by atoms with Crippen molar-refractivity contribution < 1.29 is 9.59 Å².